The van der Waals surface area contributed by atoms with Crippen LogP contribution >= 0.6 is 31.9 Å². The molecule has 0 aliphatic rings. The third kappa shape index (κ3) is 4.42. The summed E-state index contributed by atoms with van der Waals surface area (Å²) in [5.41, 5.74) is 0. The highest BCUT2D eigenvalue weighted by atomic mass is 79.9. The summed E-state index contributed by atoms with van der Waals surface area (Å²) < 4.78 is 7.73. The summed E-state index contributed by atoms with van der Waals surface area (Å²) >= 11 is 7.09. The Morgan fingerprint density at radius 2 is 1.81 bits per heavy atom. The van der Waals surface area contributed by atoms with Crippen LogP contribution in [0.5, 0.6) is 5.75 Å². The fourth-order valence-corrected chi connectivity index (χ4v) is 3.47. The Bertz CT molecular complexity index is 616. The van der Waals surface area contributed by atoms with Crippen LogP contribution in [0.2, 0.25) is 0 Å². The van der Waals surface area contributed by atoms with E-state index in [1.807, 2.05) is 44.2 Å². The van der Waals surface area contributed by atoms with Gasteiger partial charge in [-0.3, -0.25) is 0 Å². The lowest BCUT2D eigenvalue weighted by Crippen LogP contribution is -2.35. The molecule has 2 rings (SSSR count). The van der Waals surface area contributed by atoms with E-state index in [9.17, 15) is 5.11 Å². The van der Waals surface area contributed by atoms with Gasteiger partial charge in [-0.05, 0) is 27.4 Å². The Hall–Kier alpha value is -0.620. The largest absolute Gasteiger partial charge is 0.489 e. The van der Waals surface area contributed by atoms with Gasteiger partial charge in [0.1, 0.15) is 18.5 Å². The van der Waals surface area contributed by atoms with Crippen LogP contribution in [-0.4, -0.2) is 30.4 Å². The van der Waals surface area contributed by atoms with E-state index in [2.05, 4.69) is 37.2 Å². The molecule has 0 bridgehead atoms. The maximum Gasteiger partial charge on any atom is 0.141 e. The summed E-state index contributed by atoms with van der Waals surface area (Å²) in [7, 11) is 0. The number of benzene rings is 2. The van der Waals surface area contributed by atoms with E-state index in [0.29, 0.717) is 12.6 Å². The zero-order valence-electron chi connectivity index (χ0n) is 12.1. The van der Waals surface area contributed by atoms with Crippen LogP contribution in [0.4, 0.5) is 0 Å². The SMILES string of the molecule is CC(C)NCC(O)COc1c(Br)cc(Br)c2ccccc12. The lowest BCUT2D eigenvalue weighted by Gasteiger charge is -2.17. The van der Waals surface area contributed by atoms with E-state index in [1.165, 1.54) is 0 Å². The van der Waals surface area contributed by atoms with Crippen molar-refractivity contribution in [1.29, 1.82) is 0 Å². The van der Waals surface area contributed by atoms with Crippen LogP contribution < -0.4 is 10.1 Å². The molecule has 0 spiro atoms. The van der Waals surface area contributed by atoms with Crippen LogP contribution in [-0.2, 0) is 0 Å². The second kappa shape index (κ2) is 7.58. The van der Waals surface area contributed by atoms with Gasteiger partial charge >= 0.3 is 0 Å². The number of nitrogens with one attached hydrogen (secondary N) is 1. The van der Waals surface area contributed by atoms with Gasteiger partial charge in [-0.25, -0.2) is 0 Å². The first-order valence-electron chi connectivity index (χ1n) is 6.90. The number of fused-ring (bicyclic) bond motifs is 1. The van der Waals surface area contributed by atoms with Crippen molar-refractivity contribution in [1.82, 2.24) is 5.32 Å². The molecule has 21 heavy (non-hydrogen) atoms. The second-order valence-electron chi connectivity index (χ2n) is 5.24. The minimum Gasteiger partial charge on any atom is -0.489 e. The molecule has 0 amide bonds. The Labute approximate surface area is 141 Å². The van der Waals surface area contributed by atoms with Gasteiger partial charge in [0.25, 0.3) is 0 Å². The van der Waals surface area contributed by atoms with Crippen LogP contribution in [0, 0.1) is 0 Å². The van der Waals surface area contributed by atoms with Crippen LogP contribution in [0.1, 0.15) is 13.8 Å². The highest BCUT2D eigenvalue weighted by molar-refractivity contribution is 9.11. The van der Waals surface area contributed by atoms with Gasteiger partial charge in [0, 0.05) is 22.4 Å². The van der Waals surface area contributed by atoms with Gasteiger partial charge in [-0.2, -0.15) is 0 Å². The Morgan fingerprint density at radius 3 is 2.48 bits per heavy atom. The summed E-state index contributed by atoms with van der Waals surface area (Å²) in [6.07, 6.45) is -0.540. The Balaban J connectivity index is 2.15. The standard InChI is InChI=1S/C16H19Br2NO2/c1-10(2)19-8-11(20)9-21-16-13-6-4-3-5-12(13)14(17)7-15(16)18/h3-7,10-11,19-20H,8-9H2,1-2H3. The summed E-state index contributed by atoms with van der Waals surface area (Å²) in [6, 6.07) is 10.3. The van der Waals surface area contributed by atoms with E-state index in [0.717, 1.165) is 25.5 Å². The molecule has 0 aliphatic heterocycles. The van der Waals surface area contributed by atoms with E-state index in [-0.39, 0.29) is 6.61 Å². The van der Waals surface area contributed by atoms with Gasteiger partial charge in [-0.15, -0.1) is 0 Å². The molecule has 0 aromatic heterocycles. The first-order chi connectivity index (χ1) is 9.99. The van der Waals surface area contributed by atoms with Crippen molar-refractivity contribution in [3.8, 4) is 5.75 Å². The molecule has 0 saturated heterocycles. The van der Waals surface area contributed by atoms with Gasteiger partial charge in [0.05, 0.1) is 4.47 Å². The zero-order chi connectivity index (χ0) is 15.4. The lowest BCUT2D eigenvalue weighted by atomic mass is 10.1. The first kappa shape index (κ1) is 16.7. The molecule has 1 unspecified atom stereocenters. The molecule has 5 heteroatoms. The van der Waals surface area contributed by atoms with Gasteiger partial charge in [-0.1, -0.05) is 54.0 Å². The quantitative estimate of drug-likeness (QED) is 0.744. The van der Waals surface area contributed by atoms with Crippen molar-refractivity contribution in [2.45, 2.75) is 26.0 Å². The molecule has 0 fully saturated rings. The highest BCUT2D eigenvalue weighted by Crippen LogP contribution is 2.38. The maximum absolute atomic E-state index is 9.96. The average molecular weight is 417 g/mol. The fourth-order valence-electron chi connectivity index (χ4n) is 2.03. The topological polar surface area (TPSA) is 41.5 Å². The van der Waals surface area contributed by atoms with E-state index >= 15 is 0 Å². The van der Waals surface area contributed by atoms with Gasteiger partial charge < -0.3 is 15.2 Å². The molecule has 0 radical (unpaired) electrons. The number of hydrogen-bond donors (Lipinski definition) is 2. The van der Waals surface area contributed by atoms with Crippen molar-refractivity contribution in [2.24, 2.45) is 0 Å². The Kier molecular flexibility index (Phi) is 6.05. The van der Waals surface area contributed by atoms with Crippen molar-refractivity contribution < 1.29 is 9.84 Å². The normalized spacial score (nSPS) is 12.9. The van der Waals surface area contributed by atoms with Crippen LogP contribution in [0.25, 0.3) is 10.8 Å². The number of aliphatic hydroxyl groups excluding tert-OH is 1. The monoisotopic (exact) mass is 415 g/mol. The molecule has 114 valence electrons. The minimum absolute atomic E-state index is 0.254. The summed E-state index contributed by atoms with van der Waals surface area (Å²) in [5.74, 6) is 0.761. The maximum atomic E-state index is 9.96. The predicted molar refractivity (Wildman–Crippen MR) is 94.0 cm³/mol. The molecule has 0 heterocycles. The van der Waals surface area contributed by atoms with Crippen LogP contribution in [0.15, 0.2) is 39.3 Å². The zero-order valence-corrected chi connectivity index (χ0v) is 15.2. The molecule has 2 aromatic carbocycles. The van der Waals surface area contributed by atoms with Crippen molar-refractivity contribution in [2.75, 3.05) is 13.2 Å². The summed E-state index contributed by atoms with van der Waals surface area (Å²) in [5, 5.41) is 15.3. The molecular formula is C16H19Br2NO2. The molecule has 3 nitrogen and oxygen atoms in total. The molecular weight excluding hydrogens is 398 g/mol. The summed E-state index contributed by atoms with van der Waals surface area (Å²) in [4.78, 5) is 0. The third-order valence-electron chi connectivity index (χ3n) is 3.08. The van der Waals surface area contributed by atoms with E-state index in [4.69, 9.17) is 4.74 Å². The molecule has 0 saturated carbocycles. The minimum atomic E-state index is -0.540. The first-order valence-corrected chi connectivity index (χ1v) is 8.48. The third-order valence-corrected chi connectivity index (χ3v) is 4.33. The number of rotatable bonds is 6. The van der Waals surface area contributed by atoms with E-state index in [1.54, 1.807) is 0 Å². The number of ether oxygens (including phenoxy) is 1. The Morgan fingerprint density at radius 1 is 1.14 bits per heavy atom. The molecule has 2 N–H and O–H groups in total. The molecule has 1 atom stereocenters. The van der Waals surface area contributed by atoms with Crippen molar-refractivity contribution in [3.63, 3.8) is 0 Å². The molecule has 0 aliphatic carbocycles. The number of halogens is 2. The van der Waals surface area contributed by atoms with Crippen molar-refractivity contribution >= 4 is 42.6 Å². The number of hydrogen-bond acceptors (Lipinski definition) is 3. The number of aliphatic hydroxyl groups is 1. The summed E-state index contributed by atoms with van der Waals surface area (Å²) in [6.45, 7) is 4.87. The average Bonchev–Trinajstić information content (AvgIpc) is 2.45. The predicted octanol–water partition coefficient (Wildman–Crippen LogP) is 4.10. The van der Waals surface area contributed by atoms with E-state index < -0.39 is 6.10 Å². The fraction of sp³-hybridized carbons (Fsp3) is 0.375. The van der Waals surface area contributed by atoms with Crippen LogP contribution in [0.3, 0.4) is 0 Å². The van der Waals surface area contributed by atoms with Gasteiger partial charge in [0.2, 0.25) is 0 Å². The highest BCUT2D eigenvalue weighted by Gasteiger charge is 2.13. The van der Waals surface area contributed by atoms with Crippen molar-refractivity contribution in [3.05, 3.63) is 39.3 Å². The second-order valence-corrected chi connectivity index (χ2v) is 6.95. The smallest absolute Gasteiger partial charge is 0.141 e. The van der Waals surface area contributed by atoms with Gasteiger partial charge in [0.15, 0.2) is 0 Å². The lowest BCUT2D eigenvalue weighted by molar-refractivity contribution is 0.105. The molecule has 2 aromatic rings.